The molecular formula is C16H28O. The molecule has 0 radical (unpaired) electrons. The molecule has 0 fully saturated rings. The van der Waals surface area contributed by atoms with E-state index >= 15 is 0 Å². The van der Waals surface area contributed by atoms with Crippen molar-refractivity contribution in [2.24, 2.45) is 11.8 Å². The van der Waals surface area contributed by atoms with Gasteiger partial charge in [-0.3, -0.25) is 0 Å². The molecule has 0 aromatic carbocycles. The second-order valence-corrected chi connectivity index (χ2v) is 5.14. The SMILES string of the molecule is CCCC/C=C/C(C)CC(C)/C=C(\C)CC=O. The standard InChI is InChI=1S/C16H28O/c1-5-6-7-8-9-14(2)12-16(4)13-15(3)10-11-17/h8-9,11,13-14,16H,5-7,10,12H2,1-4H3/b9-8+,15-13+. The van der Waals surface area contributed by atoms with Crippen molar-refractivity contribution in [2.45, 2.75) is 59.8 Å². The molecule has 2 atom stereocenters. The minimum Gasteiger partial charge on any atom is -0.303 e. The van der Waals surface area contributed by atoms with Crippen LogP contribution in [0.5, 0.6) is 0 Å². The van der Waals surface area contributed by atoms with Crippen molar-refractivity contribution >= 4 is 6.29 Å². The first-order valence-electron chi connectivity index (χ1n) is 6.87. The number of allylic oxidation sites excluding steroid dienone is 4. The minimum atomic E-state index is 0.556. The Morgan fingerprint density at radius 1 is 1.24 bits per heavy atom. The van der Waals surface area contributed by atoms with Crippen LogP contribution in [0.2, 0.25) is 0 Å². The molecule has 0 saturated heterocycles. The molecule has 0 aliphatic carbocycles. The van der Waals surface area contributed by atoms with Crippen LogP contribution in [0, 0.1) is 11.8 Å². The third kappa shape index (κ3) is 10.0. The van der Waals surface area contributed by atoms with Gasteiger partial charge >= 0.3 is 0 Å². The highest BCUT2D eigenvalue weighted by atomic mass is 16.1. The summed E-state index contributed by atoms with van der Waals surface area (Å²) in [5.41, 5.74) is 1.19. The predicted molar refractivity (Wildman–Crippen MR) is 76.0 cm³/mol. The summed E-state index contributed by atoms with van der Waals surface area (Å²) in [4.78, 5) is 10.4. The zero-order valence-corrected chi connectivity index (χ0v) is 11.9. The molecule has 1 nitrogen and oxygen atoms in total. The van der Waals surface area contributed by atoms with E-state index in [1.807, 2.05) is 6.92 Å². The van der Waals surface area contributed by atoms with Gasteiger partial charge in [0.2, 0.25) is 0 Å². The predicted octanol–water partition coefficient (Wildman–Crippen LogP) is 4.93. The summed E-state index contributed by atoms with van der Waals surface area (Å²) < 4.78 is 0. The van der Waals surface area contributed by atoms with E-state index in [4.69, 9.17) is 0 Å². The number of carbonyl (C=O) groups is 1. The topological polar surface area (TPSA) is 17.1 Å². The molecule has 17 heavy (non-hydrogen) atoms. The smallest absolute Gasteiger partial charge is 0.124 e. The number of aldehydes is 1. The van der Waals surface area contributed by atoms with Crippen molar-refractivity contribution in [2.75, 3.05) is 0 Å². The third-order valence-corrected chi connectivity index (χ3v) is 2.91. The van der Waals surface area contributed by atoms with Crippen molar-refractivity contribution in [1.29, 1.82) is 0 Å². The Labute approximate surface area is 107 Å². The zero-order chi connectivity index (χ0) is 13.1. The number of rotatable bonds is 9. The fraction of sp³-hybridized carbons (Fsp3) is 0.688. The van der Waals surface area contributed by atoms with Crippen molar-refractivity contribution in [3.8, 4) is 0 Å². The molecule has 98 valence electrons. The lowest BCUT2D eigenvalue weighted by atomic mass is 9.94. The fourth-order valence-corrected chi connectivity index (χ4v) is 2.07. The molecule has 0 heterocycles. The zero-order valence-electron chi connectivity index (χ0n) is 11.9. The summed E-state index contributed by atoms with van der Waals surface area (Å²) in [5, 5.41) is 0. The molecule has 0 saturated carbocycles. The van der Waals surface area contributed by atoms with Gasteiger partial charge in [0.25, 0.3) is 0 Å². The van der Waals surface area contributed by atoms with Gasteiger partial charge in [-0.1, -0.05) is 57.4 Å². The van der Waals surface area contributed by atoms with Crippen molar-refractivity contribution in [3.63, 3.8) is 0 Å². The molecule has 0 rings (SSSR count). The molecule has 0 bridgehead atoms. The van der Waals surface area contributed by atoms with Crippen LogP contribution in [-0.4, -0.2) is 6.29 Å². The Balaban J connectivity index is 3.94. The van der Waals surface area contributed by atoms with E-state index in [9.17, 15) is 4.79 Å². The van der Waals surface area contributed by atoms with Gasteiger partial charge in [-0.15, -0.1) is 0 Å². The molecule has 2 unspecified atom stereocenters. The Kier molecular flexibility index (Phi) is 9.80. The summed E-state index contributed by atoms with van der Waals surface area (Å²) in [6, 6.07) is 0. The molecule has 0 amide bonds. The van der Waals surface area contributed by atoms with E-state index in [2.05, 4.69) is 39.0 Å². The lowest BCUT2D eigenvalue weighted by molar-refractivity contribution is -0.107. The van der Waals surface area contributed by atoms with E-state index in [0.29, 0.717) is 18.3 Å². The normalized spacial score (nSPS) is 16.1. The monoisotopic (exact) mass is 236 g/mol. The van der Waals surface area contributed by atoms with E-state index in [1.54, 1.807) is 0 Å². The Hall–Kier alpha value is -0.850. The summed E-state index contributed by atoms with van der Waals surface area (Å²) in [5.74, 6) is 1.18. The van der Waals surface area contributed by atoms with Crippen LogP contribution in [0.3, 0.4) is 0 Å². The summed E-state index contributed by atoms with van der Waals surface area (Å²) in [6.07, 6.45) is 13.3. The molecule has 0 aromatic rings. The fourth-order valence-electron chi connectivity index (χ4n) is 2.07. The molecule has 0 aromatic heterocycles. The van der Waals surface area contributed by atoms with Crippen molar-refractivity contribution in [3.05, 3.63) is 23.8 Å². The first-order chi connectivity index (χ1) is 8.10. The highest BCUT2D eigenvalue weighted by molar-refractivity contribution is 5.53. The van der Waals surface area contributed by atoms with E-state index in [0.717, 1.165) is 6.29 Å². The van der Waals surface area contributed by atoms with Crippen LogP contribution in [0.15, 0.2) is 23.8 Å². The van der Waals surface area contributed by atoms with Gasteiger partial charge in [-0.25, -0.2) is 0 Å². The lowest BCUT2D eigenvalue weighted by Gasteiger charge is -2.11. The maximum Gasteiger partial charge on any atom is 0.124 e. The summed E-state index contributed by atoms with van der Waals surface area (Å²) in [6.45, 7) is 8.75. The maximum absolute atomic E-state index is 10.4. The second-order valence-electron chi connectivity index (χ2n) is 5.14. The second kappa shape index (κ2) is 10.3. The quantitative estimate of drug-likeness (QED) is 0.315. The van der Waals surface area contributed by atoms with Gasteiger partial charge in [0.05, 0.1) is 0 Å². The van der Waals surface area contributed by atoms with Crippen LogP contribution in [-0.2, 0) is 4.79 Å². The Morgan fingerprint density at radius 3 is 2.53 bits per heavy atom. The molecular weight excluding hydrogens is 208 g/mol. The lowest BCUT2D eigenvalue weighted by Crippen LogP contribution is -1.99. The maximum atomic E-state index is 10.4. The molecule has 0 spiro atoms. The van der Waals surface area contributed by atoms with Gasteiger partial charge < -0.3 is 4.79 Å². The average Bonchev–Trinajstić information content (AvgIpc) is 2.24. The van der Waals surface area contributed by atoms with Crippen LogP contribution in [0.25, 0.3) is 0 Å². The van der Waals surface area contributed by atoms with Gasteiger partial charge in [0.1, 0.15) is 6.29 Å². The average molecular weight is 236 g/mol. The van der Waals surface area contributed by atoms with E-state index in [-0.39, 0.29) is 0 Å². The Bertz CT molecular complexity index is 250. The molecule has 0 N–H and O–H groups in total. The molecule has 1 heteroatoms. The van der Waals surface area contributed by atoms with Crippen LogP contribution < -0.4 is 0 Å². The van der Waals surface area contributed by atoms with Crippen molar-refractivity contribution in [1.82, 2.24) is 0 Å². The van der Waals surface area contributed by atoms with Gasteiger partial charge in [-0.05, 0) is 31.6 Å². The van der Waals surface area contributed by atoms with Crippen LogP contribution in [0.4, 0.5) is 0 Å². The summed E-state index contributed by atoms with van der Waals surface area (Å²) >= 11 is 0. The number of carbonyl (C=O) groups excluding carboxylic acids is 1. The number of hydrogen-bond donors (Lipinski definition) is 0. The summed E-state index contributed by atoms with van der Waals surface area (Å²) in [7, 11) is 0. The molecule has 0 aliphatic heterocycles. The minimum absolute atomic E-state index is 0.556. The van der Waals surface area contributed by atoms with E-state index in [1.165, 1.54) is 31.3 Å². The van der Waals surface area contributed by atoms with Gasteiger partial charge in [0, 0.05) is 6.42 Å². The third-order valence-electron chi connectivity index (χ3n) is 2.91. The number of hydrogen-bond acceptors (Lipinski definition) is 1. The highest BCUT2D eigenvalue weighted by Crippen LogP contribution is 2.17. The van der Waals surface area contributed by atoms with Crippen LogP contribution >= 0.6 is 0 Å². The molecule has 0 aliphatic rings. The van der Waals surface area contributed by atoms with Gasteiger partial charge in [0.15, 0.2) is 0 Å². The first kappa shape index (κ1) is 16.1. The number of unbranched alkanes of at least 4 members (excludes halogenated alkanes) is 2. The first-order valence-corrected chi connectivity index (χ1v) is 6.87. The van der Waals surface area contributed by atoms with Gasteiger partial charge in [-0.2, -0.15) is 0 Å². The van der Waals surface area contributed by atoms with Crippen molar-refractivity contribution < 1.29 is 4.79 Å². The largest absolute Gasteiger partial charge is 0.303 e. The Morgan fingerprint density at radius 2 is 1.94 bits per heavy atom. The van der Waals surface area contributed by atoms with Crippen LogP contribution in [0.1, 0.15) is 59.8 Å². The highest BCUT2D eigenvalue weighted by Gasteiger charge is 2.04. The van der Waals surface area contributed by atoms with E-state index < -0.39 is 0 Å².